The van der Waals surface area contributed by atoms with Crippen LogP contribution in [0, 0.1) is 0 Å². The molecule has 23 heavy (non-hydrogen) atoms. The lowest BCUT2D eigenvalue weighted by Crippen LogP contribution is -1.97. The Labute approximate surface area is 135 Å². The van der Waals surface area contributed by atoms with Crippen LogP contribution in [0.3, 0.4) is 0 Å². The smallest absolute Gasteiger partial charge is 0.119 e. The summed E-state index contributed by atoms with van der Waals surface area (Å²) >= 11 is 0. The van der Waals surface area contributed by atoms with Crippen LogP contribution in [0.4, 0.5) is 5.69 Å². The van der Waals surface area contributed by atoms with Crippen molar-refractivity contribution in [3.8, 4) is 22.7 Å². The van der Waals surface area contributed by atoms with Gasteiger partial charge in [-0.3, -0.25) is 0 Å². The van der Waals surface area contributed by atoms with E-state index in [0.717, 1.165) is 34.0 Å². The van der Waals surface area contributed by atoms with Gasteiger partial charge >= 0.3 is 0 Å². The van der Waals surface area contributed by atoms with E-state index in [2.05, 4.69) is 16.9 Å². The predicted octanol–water partition coefficient (Wildman–Crippen LogP) is 3.47. The summed E-state index contributed by atoms with van der Waals surface area (Å²) in [6.45, 7) is 6.27. The van der Waals surface area contributed by atoms with Crippen LogP contribution in [-0.2, 0) is 0 Å². The minimum absolute atomic E-state index is 0.521. The molecule has 5 nitrogen and oxygen atoms in total. The highest BCUT2D eigenvalue weighted by Gasteiger charge is 2.06. The molecule has 0 fully saturated rings. The van der Waals surface area contributed by atoms with Gasteiger partial charge in [0.2, 0.25) is 0 Å². The summed E-state index contributed by atoms with van der Waals surface area (Å²) in [6, 6.07) is 15.2. The molecule has 0 aliphatic rings. The van der Waals surface area contributed by atoms with Crippen molar-refractivity contribution in [2.45, 2.75) is 6.92 Å². The number of hydrogen-bond donors (Lipinski definition) is 1. The van der Waals surface area contributed by atoms with Crippen molar-refractivity contribution in [3.05, 3.63) is 66.9 Å². The molecule has 0 saturated heterocycles. The van der Waals surface area contributed by atoms with Crippen molar-refractivity contribution in [2.24, 2.45) is 0 Å². The molecule has 0 amide bonds. The number of anilines is 1. The third-order valence-corrected chi connectivity index (χ3v) is 3.29. The molecule has 2 aromatic carbocycles. The Morgan fingerprint density at radius 1 is 1.13 bits per heavy atom. The molecule has 0 spiro atoms. The van der Waals surface area contributed by atoms with Gasteiger partial charge in [-0.15, -0.1) is 5.10 Å². The van der Waals surface area contributed by atoms with E-state index in [-0.39, 0.29) is 0 Å². The van der Waals surface area contributed by atoms with Crippen LogP contribution in [0.2, 0.25) is 0 Å². The molecule has 3 rings (SSSR count). The Balaban J connectivity index is 1.77. The first-order chi connectivity index (χ1) is 11.1. The number of aromatic nitrogens is 3. The molecular formula is C18H18N4O. The molecule has 0 saturated carbocycles. The van der Waals surface area contributed by atoms with E-state index in [1.807, 2.05) is 61.7 Å². The molecule has 1 heterocycles. The van der Waals surface area contributed by atoms with Crippen LogP contribution in [0.1, 0.15) is 6.92 Å². The molecule has 0 atom stereocenters. The van der Waals surface area contributed by atoms with Crippen LogP contribution in [0.15, 0.2) is 66.9 Å². The molecule has 2 N–H and O–H groups in total. The Kier molecular flexibility index (Phi) is 4.10. The molecule has 116 valence electrons. The molecule has 0 unspecified atom stereocenters. The minimum atomic E-state index is 0.521. The molecular weight excluding hydrogens is 288 g/mol. The number of benzene rings is 2. The van der Waals surface area contributed by atoms with Crippen molar-refractivity contribution in [1.29, 1.82) is 0 Å². The summed E-state index contributed by atoms with van der Waals surface area (Å²) in [5, 5.41) is 8.37. The second kappa shape index (κ2) is 6.36. The predicted molar refractivity (Wildman–Crippen MR) is 91.5 cm³/mol. The average molecular weight is 306 g/mol. The number of hydrogen-bond acceptors (Lipinski definition) is 4. The number of nitrogen functional groups attached to an aromatic ring is 1. The number of rotatable bonds is 5. The van der Waals surface area contributed by atoms with Crippen molar-refractivity contribution >= 4 is 5.69 Å². The first-order valence-corrected chi connectivity index (χ1v) is 7.28. The SMILES string of the molecule is C=C(C)COc1ccc(-c2cn(-c3ccc(N)cc3)nn2)cc1. The lowest BCUT2D eigenvalue weighted by atomic mass is 10.1. The van der Waals surface area contributed by atoms with E-state index in [4.69, 9.17) is 10.5 Å². The van der Waals surface area contributed by atoms with Gasteiger partial charge in [-0.1, -0.05) is 11.8 Å². The van der Waals surface area contributed by atoms with Crippen molar-refractivity contribution in [2.75, 3.05) is 12.3 Å². The lowest BCUT2D eigenvalue weighted by Gasteiger charge is -2.05. The summed E-state index contributed by atoms with van der Waals surface area (Å²) in [5.41, 5.74) is 10.1. The van der Waals surface area contributed by atoms with Gasteiger partial charge in [-0.05, 0) is 61.0 Å². The molecule has 1 aromatic heterocycles. The summed E-state index contributed by atoms with van der Waals surface area (Å²) in [4.78, 5) is 0. The number of nitrogens with two attached hydrogens (primary N) is 1. The van der Waals surface area contributed by atoms with E-state index in [9.17, 15) is 0 Å². The van der Waals surface area contributed by atoms with Crippen LogP contribution in [0.5, 0.6) is 5.75 Å². The van der Waals surface area contributed by atoms with Gasteiger partial charge in [0.15, 0.2) is 0 Å². The van der Waals surface area contributed by atoms with Gasteiger partial charge in [0.05, 0.1) is 11.9 Å². The quantitative estimate of drug-likeness (QED) is 0.579. The van der Waals surface area contributed by atoms with Crippen LogP contribution in [0.25, 0.3) is 16.9 Å². The average Bonchev–Trinajstić information content (AvgIpc) is 3.04. The van der Waals surface area contributed by atoms with Crippen molar-refractivity contribution in [3.63, 3.8) is 0 Å². The maximum absolute atomic E-state index is 5.70. The minimum Gasteiger partial charge on any atom is -0.489 e. The third-order valence-electron chi connectivity index (χ3n) is 3.29. The standard InChI is InChI=1S/C18H18N4O/c1-13(2)12-23-17-9-3-14(4-10-17)18-11-22(21-20-18)16-7-5-15(19)6-8-16/h3-11H,1,12,19H2,2H3. The number of ether oxygens (including phenoxy) is 1. The second-order valence-electron chi connectivity index (χ2n) is 5.41. The normalized spacial score (nSPS) is 10.5. The van der Waals surface area contributed by atoms with E-state index in [1.165, 1.54) is 0 Å². The van der Waals surface area contributed by atoms with Gasteiger partial charge in [-0.25, -0.2) is 4.68 Å². The molecule has 0 radical (unpaired) electrons. The molecule has 5 heteroatoms. The molecule has 0 aliphatic heterocycles. The molecule has 0 aliphatic carbocycles. The number of nitrogens with zero attached hydrogens (tertiary/aromatic N) is 3. The summed E-state index contributed by atoms with van der Waals surface area (Å²) in [5.74, 6) is 0.808. The maximum Gasteiger partial charge on any atom is 0.119 e. The van der Waals surface area contributed by atoms with E-state index < -0.39 is 0 Å². The van der Waals surface area contributed by atoms with E-state index in [1.54, 1.807) is 4.68 Å². The Bertz CT molecular complexity index is 804. The Hall–Kier alpha value is -3.08. The van der Waals surface area contributed by atoms with Crippen LogP contribution >= 0.6 is 0 Å². The highest BCUT2D eigenvalue weighted by atomic mass is 16.5. The maximum atomic E-state index is 5.70. The molecule has 3 aromatic rings. The van der Waals surface area contributed by atoms with Gasteiger partial charge in [0.1, 0.15) is 18.1 Å². The fourth-order valence-electron chi connectivity index (χ4n) is 2.08. The van der Waals surface area contributed by atoms with Crippen LogP contribution in [-0.4, -0.2) is 21.6 Å². The lowest BCUT2D eigenvalue weighted by molar-refractivity contribution is 0.353. The zero-order chi connectivity index (χ0) is 16.2. The Morgan fingerprint density at radius 3 is 2.48 bits per heavy atom. The first-order valence-electron chi connectivity index (χ1n) is 7.28. The zero-order valence-corrected chi connectivity index (χ0v) is 12.9. The second-order valence-corrected chi connectivity index (χ2v) is 5.41. The van der Waals surface area contributed by atoms with E-state index in [0.29, 0.717) is 6.61 Å². The summed E-state index contributed by atoms with van der Waals surface area (Å²) in [6.07, 6.45) is 1.88. The molecule has 0 bridgehead atoms. The highest BCUT2D eigenvalue weighted by molar-refractivity contribution is 5.59. The monoisotopic (exact) mass is 306 g/mol. The summed E-state index contributed by atoms with van der Waals surface area (Å²) < 4.78 is 7.31. The van der Waals surface area contributed by atoms with Crippen LogP contribution < -0.4 is 10.5 Å². The third kappa shape index (κ3) is 3.58. The fourth-order valence-corrected chi connectivity index (χ4v) is 2.08. The van der Waals surface area contributed by atoms with E-state index >= 15 is 0 Å². The van der Waals surface area contributed by atoms with Crippen molar-refractivity contribution < 1.29 is 4.74 Å². The van der Waals surface area contributed by atoms with Gasteiger partial charge in [0.25, 0.3) is 0 Å². The van der Waals surface area contributed by atoms with Gasteiger partial charge in [-0.2, -0.15) is 0 Å². The topological polar surface area (TPSA) is 66.0 Å². The fraction of sp³-hybridized carbons (Fsp3) is 0.111. The highest BCUT2D eigenvalue weighted by Crippen LogP contribution is 2.21. The van der Waals surface area contributed by atoms with Gasteiger partial charge < -0.3 is 10.5 Å². The summed E-state index contributed by atoms with van der Waals surface area (Å²) in [7, 11) is 0. The first kappa shape index (κ1) is 14.8. The largest absolute Gasteiger partial charge is 0.489 e. The zero-order valence-electron chi connectivity index (χ0n) is 12.9. The Morgan fingerprint density at radius 2 is 1.83 bits per heavy atom. The van der Waals surface area contributed by atoms with Gasteiger partial charge in [0, 0.05) is 11.3 Å². The van der Waals surface area contributed by atoms with Crippen molar-refractivity contribution in [1.82, 2.24) is 15.0 Å².